The smallest absolute Gasteiger partial charge is 0.416 e. The third-order valence-corrected chi connectivity index (χ3v) is 6.48. The number of nitrogens with one attached hydrogen (secondary N) is 1. The Kier molecular flexibility index (Phi) is 8.84. The Labute approximate surface area is 204 Å². The topological polar surface area (TPSA) is 109 Å². The molecule has 0 unspecified atom stereocenters. The lowest BCUT2D eigenvalue weighted by Gasteiger charge is -2.24. The van der Waals surface area contributed by atoms with Gasteiger partial charge >= 0.3 is 6.09 Å². The zero-order valence-electron chi connectivity index (χ0n) is 20.1. The quantitative estimate of drug-likeness (QED) is 0.187. The molecule has 180 valence electrons. The number of amides is 1. The van der Waals surface area contributed by atoms with Crippen molar-refractivity contribution in [1.29, 1.82) is 0 Å². The minimum atomic E-state index is -1.36. The lowest BCUT2D eigenvalue weighted by Crippen LogP contribution is -2.35. The fraction of sp³-hybridized carbons (Fsp3) is 0.455. The van der Waals surface area contributed by atoms with E-state index in [2.05, 4.69) is 56.0 Å². The predicted octanol–water partition coefficient (Wildman–Crippen LogP) is 5.88. The molecule has 1 aromatic carbocycles. The Morgan fingerprint density at radius 1 is 1.24 bits per heavy atom. The number of hydrogen-bond donors (Lipinski definition) is 2. The lowest BCUT2D eigenvalue weighted by molar-refractivity contribution is 0.0587. The first-order valence-corrected chi connectivity index (χ1v) is 15.0. The summed E-state index contributed by atoms with van der Waals surface area (Å²) in [6, 6.07) is 8.37. The van der Waals surface area contributed by atoms with Crippen LogP contribution in [0.3, 0.4) is 0 Å². The number of aromatic nitrogens is 2. The summed E-state index contributed by atoms with van der Waals surface area (Å²) in [5, 5.41) is 15.6. The molecule has 33 heavy (non-hydrogen) atoms. The molecule has 1 amide bonds. The Hall–Kier alpha value is -2.66. The van der Waals surface area contributed by atoms with Gasteiger partial charge < -0.3 is 20.0 Å². The van der Waals surface area contributed by atoms with E-state index in [4.69, 9.17) is 9.47 Å². The van der Waals surface area contributed by atoms with Gasteiger partial charge in [0.1, 0.15) is 17.0 Å². The van der Waals surface area contributed by atoms with Gasteiger partial charge in [-0.15, -0.1) is 0 Å². The van der Waals surface area contributed by atoms with Crippen molar-refractivity contribution in [1.82, 2.24) is 9.97 Å². The average molecular weight is 539 g/mol. The van der Waals surface area contributed by atoms with Crippen LogP contribution >= 0.6 is 15.9 Å². The molecule has 11 heteroatoms. The van der Waals surface area contributed by atoms with Crippen LogP contribution < -0.4 is 15.0 Å². The van der Waals surface area contributed by atoms with Gasteiger partial charge in [0, 0.05) is 25.3 Å². The highest BCUT2D eigenvalue weighted by atomic mass is 79.9. The molecule has 0 saturated carbocycles. The van der Waals surface area contributed by atoms with Crippen molar-refractivity contribution in [3.8, 4) is 5.88 Å². The number of benzene rings is 1. The molecular formula is C22H32BrN5O4Si. The number of rotatable bonds is 8. The third-order valence-electron chi connectivity index (χ3n) is 4.25. The van der Waals surface area contributed by atoms with E-state index in [-0.39, 0.29) is 11.8 Å². The van der Waals surface area contributed by atoms with Gasteiger partial charge in [0.15, 0.2) is 0 Å². The van der Waals surface area contributed by atoms with Crippen LogP contribution in [0.15, 0.2) is 33.9 Å². The maximum atomic E-state index is 12.6. The van der Waals surface area contributed by atoms with E-state index in [9.17, 15) is 10.0 Å². The second-order valence-corrected chi connectivity index (χ2v) is 16.2. The standard InChI is InChI=1S/C22H32BrN5O4Si/c1-22(2,3)32-21(29)28(4)20-26-18(25-16-10-8-15(23)9-11-16)17(14-24-30)19(27-20)31-12-13-33(5,6)7/h8-11,14,30H,12-13H2,1-7H3,(H,25,26,27)/b24-14-. The van der Waals surface area contributed by atoms with Gasteiger partial charge in [0.2, 0.25) is 11.8 Å². The third kappa shape index (κ3) is 8.65. The number of hydrogen-bond acceptors (Lipinski definition) is 8. The van der Waals surface area contributed by atoms with Crippen molar-refractivity contribution in [2.75, 3.05) is 23.9 Å². The molecule has 2 rings (SSSR count). The van der Waals surface area contributed by atoms with E-state index in [1.165, 1.54) is 18.2 Å². The summed E-state index contributed by atoms with van der Waals surface area (Å²) in [6.07, 6.45) is 0.608. The molecule has 0 aliphatic carbocycles. The Bertz CT molecular complexity index is 988. The molecule has 2 N–H and O–H groups in total. The SMILES string of the molecule is CN(C(=O)OC(C)(C)C)c1nc(Nc2ccc(Br)cc2)c(/C=N\O)c(OCC[Si](C)(C)C)n1. The van der Waals surface area contributed by atoms with Crippen LogP contribution in [0.5, 0.6) is 5.88 Å². The normalized spacial score (nSPS) is 12.0. The number of halogens is 1. The molecule has 0 bridgehead atoms. The highest BCUT2D eigenvalue weighted by molar-refractivity contribution is 9.10. The van der Waals surface area contributed by atoms with Crippen LogP contribution in [0.1, 0.15) is 26.3 Å². The minimum absolute atomic E-state index is 0.0851. The van der Waals surface area contributed by atoms with Crippen LogP contribution in [-0.4, -0.2) is 54.8 Å². The molecule has 2 aromatic rings. The second-order valence-electron chi connectivity index (χ2n) is 9.67. The first kappa shape index (κ1) is 26.6. The first-order valence-electron chi connectivity index (χ1n) is 10.5. The summed E-state index contributed by atoms with van der Waals surface area (Å²) in [5.74, 6) is 0.603. The number of carbonyl (C=O) groups excluding carboxylic acids is 1. The van der Waals surface area contributed by atoms with E-state index in [0.717, 1.165) is 16.2 Å². The average Bonchev–Trinajstić information content (AvgIpc) is 2.69. The van der Waals surface area contributed by atoms with E-state index in [1.54, 1.807) is 20.8 Å². The summed E-state index contributed by atoms with van der Waals surface area (Å²) >= 11 is 3.41. The number of anilines is 3. The number of ether oxygens (including phenoxy) is 2. The van der Waals surface area contributed by atoms with Gasteiger partial charge in [-0.2, -0.15) is 9.97 Å². The lowest BCUT2D eigenvalue weighted by atomic mass is 10.2. The van der Waals surface area contributed by atoms with Crippen molar-refractivity contribution < 1.29 is 19.5 Å². The molecule has 0 fully saturated rings. The van der Waals surface area contributed by atoms with Gasteiger partial charge in [0.05, 0.1) is 12.8 Å². The number of oxime groups is 1. The molecular weight excluding hydrogens is 506 g/mol. The predicted molar refractivity (Wildman–Crippen MR) is 137 cm³/mol. The fourth-order valence-corrected chi connectivity index (χ4v) is 3.48. The van der Waals surface area contributed by atoms with Gasteiger partial charge in [-0.05, 0) is 51.1 Å². The van der Waals surface area contributed by atoms with Gasteiger partial charge in [-0.3, -0.25) is 0 Å². The molecule has 0 aliphatic rings. The molecule has 9 nitrogen and oxygen atoms in total. The van der Waals surface area contributed by atoms with Crippen LogP contribution in [0.4, 0.5) is 22.2 Å². The van der Waals surface area contributed by atoms with Crippen molar-refractivity contribution in [2.45, 2.75) is 52.1 Å². The van der Waals surface area contributed by atoms with Crippen molar-refractivity contribution in [3.05, 3.63) is 34.3 Å². The molecule has 1 heterocycles. The summed E-state index contributed by atoms with van der Waals surface area (Å²) in [6.45, 7) is 12.5. The fourth-order valence-electron chi connectivity index (χ4n) is 2.50. The monoisotopic (exact) mass is 537 g/mol. The maximum absolute atomic E-state index is 12.6. The van der Waals surface area contributed by atoms with E-state index < -0.39 is 19.8 Å². The highest BCUT2D eigenvalue weighted by Crippen LogP contribution is 2.29. The van der Waals surface area contributed by atoms with Crippen LogP contribution in [0.25, 0.3) is 0 Å². The summed E-state index contributed by atoms with van der Waals surface area (Å²) < 4.78 is 12.4. The number of carbonyl (C=O) groups is 1. The van der Waals surface area contributed by atoms with Crippen molar-refractivity contribution >= 4 is 53.8 Å². The molecule has 0 aliphatic heterocycles. The van der Waals surface area contributed by atoms with Crippen molar-refractivity contribution in [2.24, 2.45) is 5.16 Å². The molecule has 0 radical (unpaired) electrons. The van der Waals surface area contributed by atoms with Crippen molar-refractivity contribution in [3.63, 3.8) is 0 Å². The Morgan fingerprint density at radius 2 is 1.88 bits per heavy atom. The molecule has 1 aromatic heterocycles. The van der Waals surface area contributed by atoms with E-state index in [1.807, 2.05) is 24.3 Å². The maximum Gasteiger partial charge on any atom is 0.416 e. The number of nitrogens with zero attached hydrogens (tertiary/aromatic N) is 4. The van der Waals surface area contributed by atoms with E-state index in [0.29, 0.717) is 18.0 Å². The van der Waals surface area contributed by atoms with Crippen LogP contribution in [-0.2, 0) is 4.74 Å². The summed E-state index contributed by atoms with van der Waals surface area (Å²) in [4.78, 5) is 22.8. The van der Waals surface area contributed by atoms with Gasteiger partial charge in [-0.1, -0.05) is 40.7 Å². The molecule has 0 spiro atoms. The van der Waals surface area contributed by atoms with Crippen LogP contribution in [0, 0.1) is 0 Å². The summed E-state index contributed by atoms with van der Waals surface area (Å²) in [5.41, 5.74) is 0.421. The minimum Gasteiger partial charge on any atom is -0.477 e. The van der Waals surface area contributed by atoms with Gasteiger partial charge in [-0.25, -0.2) is 9.69 Å². The molecule has 0 saturated heterocycles. The second kappa shape index (κ2) is 11.0. The Balaban J connectivity index is 2.50. The van der Waals surface area contributed by atoms with Gasteiger partial charge in [0.25, 0.3) is 0 Å². The van der Waals surface area contributed by atoms with Crippen LogP contribution in [0.2, 0.25) is 25.7 Å². The largest absolute Gasteiger partial charge is 0.477 e. The summed E-state index contributed by atoms with van der Waals surface area (Å²) in [7, 11) is 0.163. The highest BCUT2D eigenvalue weighted by Gasteiger charge is 2.25. The first-order chi connectivity index (χ1) is 15.3. The molecule has 0 atom stereocenters. The zero-order chi connectivity index (χ0) is 24.8. The Morgan fingerprint density at radius 3 is 2.42 bits per heavy atom. The van der Waals surface area contributed by atoms with E-state index >= 15 is 0 Å². The zero-order valence-corrected chi connectivity index (χ0v) is 22.7.